The summed E-state index contributed by atoms with van der Waals surface area (Å²) >= 11 is 0. The number of ether oxygens (including phenoxy) is 3. The van der Waals surface area contributed by atoms with Gasteiger partial charge in [-0.15, -0.1) is 0 Å². The average molecular weight is 428 g/mol. The zero-order valence-corrected chi connectivity index (χ0v) is 16.7. The first kappa shape index (κ1) is 23.1. The second kappa shape index (κ2) is 10.6. The summed E-state index contributed by atoms with van der Waals surface area (Å²) in [5.41, 5.74) is 0.0973. The summed E-state index contributed by atoms with van der Waals surface area (Å²) in [4.78, 5) is 47.6. The van der Waals surface area contributed by atoms with Gasteiger partial charge in [-0.05, 0) is 47.9 Å². The number of esters is 3. The van der Waals surface area contributed by atoms with Gasteiger partial charge in [0.2, 0.25) is 0 Å². The lowest BCUT2D eigenvalue weighted by molar-refractivity contribution is -0.158. The molecule has 0 spiro atoms. The van der Waals surface area contributed by atoms with Crippen LogP contribution in [0.5, 0.6) is 11.5 Å². The van der Waals surface area contributed by atoms with E-state index in [1.807, 2.05) is 0 Å². The fraction of sp³-hybridized carbons (Fsp3) is 0.182. The van der Waals surface area contributed by atoms with Crippen molar-refractivity contribution in [1.82, 2.24) is 0 Å². The van der Waals surface area contributed by atoms with Gasteiger partial charge in [-0.1, -0.05) is 24.3 Å². The molecule has 2 N–H and O–H groups in total. The van der Waals surface area contributed by atoms with Crippen molar-refractivity contribution in [2.75, 3.05) is 14.2 Å². The molecule has 0 saturated carbocycles. The topological polar surface area (TPSA) is 136 Å². The van der Waals surface area contributed by atoms with Gasteiger partial charge in [-0.3, -0.25) is 9.59 Å². The quantitative estimate of drug-likeness (QED) is 0.213. The maximum Gasteiger partial charge on any atom is 0.350 e. The molecule has 2 rings (SSSR count). The van der Waals surface area contributed by atoms with Gasteiger partial charge in [-0.25, -0.2) is 9.59 Å². The third kappa shape index (κ3) is 6.43. The van der Waals surface area contributed by atoms with E-state index in [9.17, 15) is 29.4 Å². The van der Waals surface area contributed by atoms with E-state index in [4.69, 9.17) is 4.74 Å². The Morgan fingerprint density at radius 2 is 1.61 bits per heavy atom. The van der Waals surface area contributed by atoms with E-state index in [1.165, 1.54) is 42.5 Å². The Kier molecular flexibility index (Phi) is 7.90. The predicted molar refractivity (Wildman–Crippen MR) is 107 cm³/mol. The van der Waals surface area contributed by atoms with Gasteiger partial charge in [0.05, 0.1) is 14.2 Å². The number of carbonyl (C=O) groups is 4. The fourth-order valence-corrected chi connectivity index (χ4v) is 2.67. The molecule has 2 aromatic rings. The summed E-state index contributed by atoms with van der Waals surface area (Å²) in [6, 6.07) is 11.6. The highest BCUT2D eigenvalue weighted by molar-refractivity contribution is 6.17. The van der Waals surface area contributed by atoms with Crippen LogP contribution in [0.1, 0.15) is 11.1 Å². The van der Waals surface area contributed by atoms with Gasteiger partial charge in [0.1, 0.15) is 17.1 Å². The zero-order valence-electron chi connectivity index (χ0n) is 16.7. The Hall–Kier alpha value is -4.14. The first-order valence-corrected chi connectivity index (χ1v) is 8.96. The Morgan fingerprint density at radius 1 is 0.968 bits per heavy atom. The lowest BCUT2D eigenvalue weighted by atomic mass is 9.99. The van der Waals surface area contributed by atoms with Crippen LogP contribution in [0, 0.1) is 5.92 Å². The Balaban J connectivity index is 2.23. The largest absolute Gasteiger partial charge is 0.508 e. The Labute approximate surface area is 177 Å². The van der Waals surface area contributed by atoms with Crippen LogP contribution in [0.3, 0.4) is 0 Å². The monoisotopic (exact) mass is 428 g/mol. The van der Waals surface area contributed by atoms with Crippen LogP contribution in [0.25, 0.3) is 6.08 Å². The molecule has 0 aromatic heterocycles. The lowest BCUT2D eigenvalue weighted by Gasteiger charge is -2.13. The number of carboxylic acids is 1. The second-order valence-corrected chi connectivity index (χ2v) is 6.30. The number of carboxylic acid groups (broad SMARTS) is 1. The molecule has 0 aliphatic carbocycles. The Morgan fingerprint density at radius 3 is 2.19 bits per heavy atom. The summed E-state index contributed by atoms with van der Waals surface area (Å²) in [7, 11) is 2.28. The first-order chi connectivity index (χ1) is 14.7. The fourth-order valence-electron chi connectivity index (χ4n) is 2.67. The number of hydrogen-bond donors (Lipinski definition) is 2. The van der Waals surface area contributed by atoms with Crippen molar-refractivity contribution < 1.29 is 43.6 Å². The van der Waals surface area contributed by atoms with Gasteiger partial charge < -0.3 is 24.4 Å². The molecular formula is C22H20O9. The number of benzene rings is 2. The van der Waals surface area contributed by atoms with Crippen molar-refractivity contribution in [2.24, 2.45) is 5.92 Å². The standard InChI is InChI=1S/C22H20O9/c1-29-20(26)18(21(27)30-2)12-14-6-4-8-16(10-14)31-22(28)17(19(24)25)11-13-5-3-7-15(23)9-13/h3-11,18,23H,12H2,1-2H3,(H,24,25). The van der Waals surface area contributed by atoms with E-state index in [-0.39, 0.29) is 17.9 Å². The molecular weight excluding hydrogens is 408 g/mol. The van der Waals surface area contributed by atoms with E-state index in [1.54, 1.807) is 6.07 Å². The molecule has 0 atom stereocenters. The maximum atomic E-state index is 12.4. The molecule has 0 amide bonds. The number of carbonyl (C=O) groups excluding carboxylic acids is 3. The van der Waals surface area contributed by atoms with Gasteiger partial charge in [-0.2, -0.15) is 0 Å². The predicted octanol–water partition coefficient (Wildman–Crippen LogP) is 1.97. The molecule has 0 heterocycles. The van der Waals surface area contributed by atoms with E-state index in [0.717, 1.165) is 20.3 Å². The number of aliphatic carboxylic acids is 1. The number of rotatable bonds is 8. The summed E-state index contributed by atoms with van der Waals surface area (Å²) in [6.07, 6.45) is 0.994. The second-order valence-electron chi connectivity index (χ2n) is 6.30. The normalized spacial score (nSPS) is 11.0. The van der Waals surface area contributed by atoms with Gasteiger partial charge in [0.25, 0.3) is 0 Å². The van der Waals surface area contributed by atoms with E-state index in [0.29, 0.717) is 11.1 Å². The molecule has 31 heavy (non-hydrogen) atoms. The molecule has 0 aliphatic heterocycles. The molecule has 0 saturated heterocycles. The summed E-state index contributed by atoms with van der Waals surface area (Å²) in [6.45, 7) is 0. The van der Waals surface area contributed by atoms with Crippen molar-refractivity contribution in [1.29, 1.82) is 0 Å². The number of aromatic hydroxyl groups is 1. The van der Waals surface area contributed by atoms with E-state index in [2.05, 4.69) is 9.47 Å². The van der Waals surface area contributed by atoms with Crippen LogP contribution in [-0.4, -0.2) is 48.3 Å². The number of methoxy groups -OCH3 is 2. The number of hydrogen-bond acceptors (Lipinski definition) is 8. The van der Waals surface area contributed by atoms with Gasteiger partial charge >= 0.3 is 23.9 Å². The SMILES string of the molecule is COC(=O)C(Cc1cccc(OC(=O)C(=Cc2cccc(O)c2)C(=O)O)c1)C(=O)OC. The van der Waals surface area contributed by atoms with Crippen molar-refractivity contribution >= 4 is 30.0 Å². The van der Waals surface area contributed by atoms with Crippen LogP contribution in [0.15, 0.2) is 54.1 Å². The highest BCUT2D eigenvalue weighted by atomic mass is 16.5. The summed E-state index contributed by atoms with van der Waals surface area (Å²) in [5, 5.41) is 18.9. The summed E-state index contributed by atoms with van der Waals surface area (Å²) < 4.78 is 14.4. The van der Waals surface area contributed by atoms with Crippen LogP contribution in [-0.2, 0) is 35.1 Å². The summed E-state index contributed by atoms with van der Waals surface area (Å²) in [5.74, 6) is -5.50. The first-order valence-electron chi connectivity index (χ1n) is 8.96. The van der Waals surface area contributed by atoms with Gasteiger partial charge in [0.15, 0.2) is 5.92 Å². The highest BCUT2D eigenvalue weighted by Gasteiger charge is 2.29. The smallest absolute Gasteiger partial charge is 0.350 e. The molecule has 9 heteroatoms. The third-order valence-electron chi connectivity index (χ3n) is 4.15. The molecule has 0 aliphatic rings. The average Bonchev–Trinajstić information content (AvgIpc) is 2.74. The third-order valence-corrected chi connectivity index (χ3v) is 4.15. The van der Waals surface area contributed by atoms with Crippen molar-refractivity contribution in [3.05, 3.63) is 65.2 Å². The Bertz CT molecular complexity index is 1010. The highest BCUT2D eigenvalue weighted by Crippen LogP contribution is 2.20. The number of phenolic OH excluding ortho intramolecular Hbond substituents is 1. The van der Waals surface area contributed by atoms with Crippen molar-refractivity contribution in [2.45, 2.75) is 6.42 Å². The molecule has 9 nitrogen and oxygen atoms in total. The molecule has 0 bridgehead atoms. The van der Waals surface area contributed by atoms with Crippen molar-refractivity contribution in [3.8, 4) is 11.5 Å². The number of phenols is 1. The van der Waals surface area contributed by atoms with Crippen molar-refractivity contribution in [3.63, 3.8) is 0 Å². The molecule has 0 fully saturated rings. The van der Waals surface area contributed by atoms with Crippen LogP contribution in [0.4, 0.5) is 0 Å². The van der Waals surface area contributed by atoms with Crippen LogP contribution >= 0.6 is 0 Å². The minimum atomic E-state index is -1.51. The van der Waals surface area contributed by atoms with E-state index < -0.39 is 35.4 Å². The lowest BCUT2D eigenvalue weighted by Crippen LogP contribution is -2.28. The minimum Gasteiger partial charge on any atom is -0.508 e. The zero-order chi connectivity index (χ0) is 23.0. The molecule has 0 unspecified atom stereocenters. The van der Waals surface area contributed by atoms with Crippen LogP contribution in [0.2, 0.25) is 0 Å². The molecule has 2 aromatic carbocycles. The minimum absolute atomic E-state index is 0.0130. The molecule has 0 radical (unpaired) electrons. The van der Waals surface area contributed by atoms with Gasteiger partial charge in [0, 0.05) is 0 Å². The molecule has 162 valence electrons. The van der Waals surface area contributed by atoms with Crippen LogP contribution < -0.4 is 4.74 Å². The van der Waals surface area contributed by atoms with E-state index >= 15 is 0 Å². The maximum absolute atomic E-state index is 12.4.